The third kappa shape index (κ3) is 5.53. The van der Waals surface area contributed by atoms with Crippen molar-refractivity contribution in [3.8, 4) is 0 Å². The normalized spacial score (nSPS) is 12.6. The minimum absolute atomic E-state index is 0.0454. The number of nitrogens with zero attached hydrogens (tertiary/aromatic N) is 3. The Kier molecular flexibility index (Phi) is 7.31. The summed E-state index contributed by atoms with van der Waals surface area (Å²) in [7, 11) is 1.97. The first-order valence-corrected chi connectivity index (χ1v) is 13.5. The van der Waals surface area contributed by atoms with Crippen LogP contribution < -0.4 is 11.0 Å². The Morgan fingerprint density at radius 3 is 2.39 bits per heavy atom. The highest BCUT2D eigenvalue weighted by atomic mass is 16.4. The summed E-state index contributed by atoms with van der Waals surface area (Å²) in [4.78, 5) is 39.3. The molecular formula is C32H34N4O5. The van der Waals surface area contributed by atoms with Crippen molar-refractivity contribution in [3.05, 3.63) is 106 Å². The van der Waals surface area contributed by atoms with Crippen LogP contribution in [0.3, 0.4) is 0 Å². The molecule has 2 heterocycles. The number of aromatic nitrogens is 3. The molecule has 0 fully saturated rings. The van der Waals surface area contributed by atoms with Gasteiger partial charge in [0, 0.05) is 36.3 Å². The number of nitrogens with one attached hydrogen (secondary N) is 1. The molecule has 9 heteroatoms. The molecule has 0 saturated carbocycles. The summed E-state index contributed by atoms with van der Waals surface area (Å²) in [5, 5.41) is 23.7. The summed E-state index contributed by atoms with van der Waals surface area (Å²) in [6.45, 7) is 5.54. The minimum atomic E-state index is -1.10. The molecular weight excluding hydrogens is 520 g/mol. The van der Waals surface area contributed by atoms with Crippen LogP contribution in [0.1, 0.15) is 53.4 Å². The van der Waals surface area contributed by atoms with E-state index in [1.807, 2.05) is 61.1 Å². The Balaban J connectivity index is 1.72. The van der Waals surface area contributed by atoms with Crippen LogP contribution >= 0.6 is 0 Å². The Morgan fingerprint density at radius 2 is 1.71 bits per heavy atom. The van der Waals surface area contributed by atoms with Crippen LogP contribution in [0.25, 0.3) is 21.9 Å². The number of amides is 1. The monoisotopic (exact) mass is 554 g/mol. The molecule has 1 atom stereocenters. The van der Waals surface area contributed by atoms with E-state index in [-0.39, 0.29) is 25.2 Å². The van der Waals surface area contributed by atoms with Gasteiger partial charge in [0.25, 0.3) is 5.91 Å². The Labute approximate surface area is 237 Å². The summed E-state index contributed by atoms with van der Waals surface area (Å²) >= 11 is 0. The van der Waals surface area contributed by atoms with Gasteiger partial charge in [-0.3, -0.25) is 18.7 Å². The number of benzene rings is 3. The molecule has 0 aliphatic carbocycles. The molecule has 41 heavy (non-hydrogen) atoms. The molecule has 1 amide bonds. The smallest absolute Gasteiger partial charge is 0.330 e. The van der Waals surface area contributed by atoms with Crippen molar-refractivity contribution < 1.29 is 19.8 Å². The summed E-state index contributed by atoms with van der Waals surface area (Å²) in [6, 6.07) is 19.3. The van der Waals surface area contributed by atoms with E-state index in [9.17, 15) is 24.6 Å². The van der Waals surface area contributed by atoms with Gasteiger partial charge in [-0.15, -0.1) is 0 Å². The Morgan fingerprint density at radius 1 is 0.976 bits per heavy atom. The van der Waals surface area contributed by atoms with Gasteiger partial charge < -0.3 is 20.1 Å². The van der Waals surface area contributed by atoms with E-state index in [4.69, 9.17) is 0 Å². The van der Waals surface area contributed by atoms with E-state index in [2.05, 4.69) is 5.32 Å². The first-order chi connectivity index (χ1) is 19.4. The lowest BCUT2D eigenvalue weighted by Gasteiger charge is -2.18. The Bertz CT molecular complexity index is 1820. The number of carboxylic acid groups (broad SMARTS) is 1. The predicted octanol–water partition coefficient (Wildman–Crippen LogP) is 4.22. The number of rotatable bonds is 9. The second-order valence-electron chi connectivity index (χ2n) is 11.2. The zero-order valence-electron chi connectivity index (χ0n) is 23.6. The molecule has 0 aliphatic heterocycles. The first kappa shape index (κ1) is 27.9. The van der Waals surface area contributed by atoms with E-state index in [0.29, 0.717) is 22.2 Å². The van der Waals surface area contributed by atoms with E-state index in [1.165, 1.54) is 4.57 Å². The average molecular weight is 555 g/mol. The van der Waals surface area contributed by atoms with Crippen LogP contribution in [0, 0.1) is 6.92 Å². The SMILES string of the molecule is Cc1cccc2c1c(Cn1c(=O)n([C@H](CC(=O)O)c3ccccc3)c3cc(C(=O)NCC(C)(C)O)ccc31)cn2C. The number of hydrogen-bond acceptors (Lipinski definition) is 4. The fourth-order valence-corrected chi connectivity index (χ4v) is 5.50. The number of imidazole rings is 1. The van der Waals surface area contributed by atoms with Gasteiger partial charge in [0.15, 0.2) is 0 Å². The standard InChI is InChI=1S/C32H34N4O5/c1-20-9-8-12-25-29(20)23(17-34(25)4)18-35-24-14-13-22(30(39)33-19-32(2,3)41)15-27(24)36(31(35)40)26(16-28(37)38)21-10-6-5-7-11-21/h5-15,17,26,41H,16,18-19H2,1-4H3,(H,33,39)(H,37,38)/t26-/m1/s1. The number of hydrogen-bond donors (Lipinski definition) is 3. The maximum absolute atomic E-state index is 14.2. The van der Waals surface area contributed by atoms with Crippen LogP contribution in [0.5, 0.6) is 0 Å². The largest absolute Gasteiger partial charge is 0.481 e. The van der Waals surface area contributed by atoms with Crippen LogP contribution in [-0.2, 0) is 18.4 Å². The number of aryl methyl sites for hydroxylation is 2. The van der Waals surface area contributed by atoms with Gasteiger partial charge in [-0.2, -0.15) is 0 Å². The van der Waals surface area contributed by atoms with Crippen LogP contribution in [0.15, 0.2) is 77.7 Å². The zero-order chi connectivity index (χ0) is 29.5. The first-order valence-electron chi connectivity index (χ1n) is 13.5. The van der Waals surface area contributed by atoms with Gasteiger partial charge in [-0.05, 0) is 61.7 Å². The maximum atomic E-state index is 14.2. The fourth-order valence-electron chi connectivity index (χ4n) is 5.50. The number of aliphatic carboxylic acids is 1. The van der Waals surface area contributed by atoms with E-state index in [1.54, 1.807) is 48.7 Å². The minimum Gasteiger partial charge on any atom is -0.481 e. The van der Waals surface area contributed by atoms with Gasteiger partial charge in [-0.25, -0.2) is 4.79 Å². The van der Waals surface area contributed by atoms with Gasteiger partial charge in [0.1, 0.15) is 0 Å². The van der Waals surface area contributed by atoms with E-state index < -0.39 is 23.5 Å². The molecule has 0 aliphatic rings. The molecule has 3 aromatic carbocycles. The number of carboxylic acids is 1. The molecule has 3 N–H and O–H groups in total. The van der Waals surface area contributed by atoms with Gasteiger partial charge in [0.05, 0.1) is 35.6 Å². The van der Waals surface area contributed by atoms with Crippen LogP contribution in [0.4, 0.5) is 0 Å². The van der Waals surface area contributed by atoms with Crippen molar-refractivity contribution in [2.75, 3.05) is 6.54 Å². The molecule has 5 rings (SSSR count). The van der Waals surface area contributed by atoms with Gasteiger partial charge in [0.2, 0.25) is 0 Å². The summed E-state index contributed by atoms with van der Waals surface area (Å²) < 4.78 is 5.17. The fraction of sp³-hybridized carbons (Fsp3) is 0.281. The Hall–Kier alpha value is -4.63. The zero-order valence-corrected chi connectivity index (χ0v) is 23.6. The van der Waals surface area contributed by atoms with Crippen LogP contribution in [-0.4, -0.2) is 47.9 Å². The number of aliphatic hydroxyl groups is 1. The molecule has 0 radical (unpaired) electrons. The predicted molar refractivity (Wildman–Crippen MR) is 158 cm³/mol. The summed E-state index contributed by atoms with van der Waals surface area (Å²) in [6.07, 6.45) is 1.70. The second-order valence-corrected chi connectivity index (χ2v) is 11.2. The average Bonchev–Trinajstić information content (AvgIpc) is 3.39. The molecule has 0 saturated heterocycles. The molecule has 0 spiro atoms. The highest BCUT2D eigenvalue weighted by Gasteiger charge is 2.26. The lowest BCUT2D eigenvalue weighted by atomic mass is 10.0. The van der Waals surface area contributed by atoms with Crippen LogP contribution in [0.2, 0.25) is 0 Å². The van der Waals surface area contributed by atoms with Crippen molar-refractivity contribution in [1.29, 1.82) is 0 Å². The van der Waals surface area contributed by atoms with Gasteiger partial charge >= 0.3 is 11.7 Å². The number of fused-ring (bicyclic) bond motifs is 2. The highest BCUT2D eigenvalue weighted by Crippen LogP contribution is 2.29. The van der Waals surface area contributed by atoms with Crippen molar-refractivity contribution in [1.82, 2.24) is 19.0 Å². The molecule has 0 bridgehead atoms. The molecule has 9 nitrogen and oxygen atoms in total. The molecule has 5 aromatic rings. The van der Waals surface area contributed by atoms with E-state index >= 15 is 0 Å². The van der Waals surface area contributed by atoms with Gasteiger partial charge in [-0.1, -0.05) is 42.5 Å². The second kappa shape index (κ2) is 10.7. The maximum Gasteiger partial charge on any atom is 0.330 e. The number of carbonyl (C=O) groups excluding carboxylic acids is 1. The summed E-state index contributed by atoms with van der Waals surface area (Å²) in [5.41, 5.74) is 3.66. The molecule has 2 aromatic heterocycles. The third-order valence-corrected chi connectivity index (χ3v) is 7.40. The molecule has 212 valence electrons. The van der Waals surface area contributed by atoms with Crippen molar-refractivity contribution in [2.45, 2.75) is 45.4 Å². The lowest BCUT2D eigenvalue weighted by Crippen LogP contribution is -2.38. The van der Waals surface area contributed by atoms with E-state index in [0.717, 1.165) is 22.0 Å². The third-order valence-electron chi connectivity index (χ3n) is 7.40. The highest BCUT2D eigenvalue weighted by molar-refractivity contribution is 5.97. The topological polar surface area (TPSA) is 118 Å². The lowest BCUT2D eigenvalue weighted by molar-refractivity contribution is -0.137. The summed E-state index contributed by atoms with van der Waals surface area (Å²) in [5.74, 6) is -1.45. The quantitative estimate of drug-likeness (QED) is 0.252. The van der Waals surface area contributed by atoms with Crippen molar-refractivity contribution in [3.63, 3.8) is 0 Å². The number of carbonyl (C=O) groups is 2. The van der Waals surface area contributed by atoms with Crippen molar-refractivity contribution >= 4 is 33.8 Å². The van der Waals surface area contributed by atoms with Crippen molar-refractivity contribution in [2.24, 2.45) is 7.05 Å². The molecule has 0 unspecified atom stereocenters.